The van der Waals surface area contributed by atoms with E-state index >= 15 is 0 Å². The van der Waals surface area contributed by atoms with Crippen molar-refractivity contribution in [2.24, 2.45) is 0 Å². The Balaban J connectivity index is 1.72. The van der Waals surface area contributed by atoms with E-state index in [9.17, 15) is 0 Å². The highest BCUT2D eigenvalue weighted by atomic mass is 15.1. The predicted octanol–water partition coefficient (Wildman–Crippen LogP) is 3.88. The van der Waals surface area contributed by atoms with Crippen molar-refractivity contribution in [3.05, 3.63) is 42.1 Å². The Morgan fingerprint density at radius 1 is 1.10 bits per heavy atom. The molecule has 0 atom stereocenters. The van der Waals surface area contributed by atoms with Gasteiger partial charge in [0.1, 0.15) is 5.82 Å². The first kappa shape index (κ1) is 12.9. The van der Waals surface area contributed by atoms with Gasteiger partial charge in [-0.1, -0.05) is 31.0 Å². The van der Waals surface area contributed by atoms with Gasteiger partial charge in [-0.3, -0.25) is 0 Å². The largest absolute Gasteiger partial charge is 0.367 e. The van der Waals surface area contributed by atoms with Crippen LogP contribution in [-0.2, 0) is 0 Å². The number of hydrogen-bond donors (Lipinski definition) is 2. The molecule has 1 heterocycles. The molecule has 1 fully saturated rings. The van der Waals surface area contributed by atoms with E-state index in [1.54, 1.807) is 6.20 Å². The molecule has 1 aliphatic carbocycles. The number of hydrogen-bond acceptors (Lipinski definition) is 4. The van der Waals surface area contributed by atoms with Gasteiger partial charge >= 0.3 is 0 Å². The maximum Gasteiger partial charge on any atom is 0.229 e. The van der Waals surface area contributed by atoms with Gasteiger partial charge in [0.05, 0.1) is 0 Å². The Kier molecular flexibility index (Phi) is 3.81. The summed E-state index contributed by atoms with van der Waals surface area (Å²) in [6, 6.07) is 10.6. The van der Waals surface area contributed by atoms with Crippen LogP contribution in [0.5, 0.6) is 0 Å². The molecule has 0 unspecified atom stereocenters. The zero-order valence-electron chi connectivity index (χ0n) is 11.8. The van der Waals surface area contributed by atoms with Crippen molar-refractivity contribution < 1.29 is 0 Å². The Hall–Kier alpha value is -2.10. The summed E-state index contributed by atoms with van der Waals surface area (Å²) in [6.07, 6.45) is 6.91. The minimum atomic E-state index is 0.566. The van der Waals surface area contributed by atoms with E-state index in [1.165, 1.54) is 31.2 Å². The molecule has 1 aromatic heterocycles. The first-order valence-corrected chi connectivity index (χ1v) is 7.23. The van der Waals surface area contributed by atoms with Crippen LogP contribution in [0.15, 0.2) is 36.5 Å². The van der Waals surface area contributed by atoms with E-state index in [2.05, 4.69) is 33.6 Å². The maximum absolute atomic E-state index is 4.54. The molecule has 0 radical (unpaired) electrons. The van der Waals surface area contributed by atoms with Crippen LogP contribution >= 0.6 is 0 Å². The van der Waals surface area contributed by atoms with E-state index < -0.39 is 0 Å². The molecule has 2 aromatic rings. The average Bonchev–Trinajstić information content (AvgIpc) is 2.95. The quantitative estimate of drug-likeness (QED) is 0.883. The molecular formula is C16H20N4. The maximum atomic E-state index is 4.54. The van der Waals surface area contributed by atoms with Gasteiger partial charge < -0.3 is 10.6 Å². The van der Waals surface area contributed by atoms with Crippen molar-refractivity contribution >= 4 is 17.5 Å². The second-order valence-corrected chi connectivity index (χ2v) is 5.33. The highest BCUT2D eigenvalue weighted by Crippen LogP contribution is 2.22. The van der Waals surface area contributed by atoms with Gasteiger partial charge in [-0.05, 0) is 37.5 Å². The molecule has 4 nitrogen and oxygen atoms in total. The Morgan fingerprint density at radius 3 is 2.70 bits per heavy atom. The van der Waals surface area contributed by atoms with Crippen LogP contribution in [-0.4, -0.2) is 16.0 Å². The standard InChI is InChI=1S/C16H20N4/c1-12-6-2-5-9-14(12)19-16-17-11-10-15(20-16)18-13-7-3-4-8-13/h2,5-6,9-11,13H,3-4,7-8H2,1H3,(H2,17,18,19,20). The summed E-state index contributed by atoms with van der Waals surface area (Å²) in [7, 11) is 0. The van der Waals surface area contributed by atoms with Crippen molar-refractivity contribution in [3.8, 4) is 0 Å². The van der Waals surface area contributed by atoms with E-state index in [0.29, 0.717) is 12.0 Å². The van der Waals surface area contributed by atoms with Gasteiger partial charge in [0.15, 0.2) is 0 Å². The van der Waals surface area contributed by atoms with Gasteiger partial charge in [-0.15, -0.1) is 0 Å². The lowest BCUT2D eigenvalue weighted by molar-refractivity contribution is 0.750. The molecule has 2 N–H and O–H groups in total. The third kappa shape index (κ3) is 3.07. The van der Waals surface area contributed by atoms with Crippen molar-refractivity contribution in [2.75, 3.05) is 10.6 Å². The third-order valence-electron chi connectivity index (χ3n) is 3.75. The topological polar surface area (TPSA) is 49.8 Å². The summed E-state index contributed by atoms with van der Waals surface area (Å²) in [5, 5.41) is 6.77. The normalized spacial score (nSPS) is 15.2. The number of benzene rings is 1. The van der Waals surface area contributed by atoms with Gasteiger partial charge in [0.2, 0.25) is 5.95 Å². The molecule has 4 heteroatoms. The molecule has 3 rings (SSSR count). The second-order valence-electron chi connectivity index (χ2n) is 5.33. The van der Waals surface area contributed by atoms with E-state index in [1.807, 2.05) is 24.3 Å². The number of aromatic nitrogens is 2. The highest BCUT2D eigenvalue weighted by molar-refractivity contribution is 5.58. The highest BCUT2D eigenvalue weighted by Gasteiger charge is 2.15. The monoisotopic (exact) mass is 268 g/mol. The smallest absolute Gasteiger partial charge is 0.229 e. The number of aryl methyl sites for hydroxylation is 1. The lowest BCUT2D eigenvalue weighted by atomic mass is 10.2. The summed E-state index contributed by atoms with van der Waals surface area (Å²) in [6.45, 7) is 2.07. The van der Waals surface area contributed by atoms with Crippen LogP contribution in [0, 0.1) is 6.92 Å². The molecule has 104 valence electrons. The molecule has 0 amide bonds. The van der Waals surface area contributed by atoms with Crippen LogP contribution in [0.1, 0.15) is 31.2 Å². The van der Waals surface area contributed by atoms with E-state index in [0.717, 1.165) is 11.5 Å². The summed E-state index contributed by atoms with van der Waals surface area (Å²) < 4.78 is 0. The fourth-order valence-electron chi connectivity index (χ4n) is 2.61. The minimum Gasteiger partial charge on any atom is -0.367 e. The van der Waals surface area contributed by atoms with Crippen molar-refractivity contribution in [3.63, 3.8) is 0 Å². The molecule has 1 aromatic carbocycles. The molecule has 1 aliphatic rings. The van der Waals surface area contributed by atoms with Gasteiger partial charge in [-0.2, -0.15) is 4.98 Å². The predicted molar refractivity (Wildman–Crippen MR) is 82.4 cm³/mol. The lowest BCUT2D eigenvalue weighted by Crippen LogP contribution is -2.15. The average molecular weight is 268 g/mol. The first-order chi connectivity index (χ1) is 9.81. The molecule has 0 saturated heterocycles. The zero-order chi connectivity index (χ0) is 13.8. The summed E-state index contributed by atoms with van der Waals surface area (Å²) in [5.74, 6) is 1.55. The first-order valence-electron chi connectivity index (χ1n) is 7.23. The fourth-order valence-corrected chi connectivity index (χ4v) is 2.61. The fraction of sp³-hybridized carbons (Fsp3) is 0.375. The number of para-hydroxylation sites is 1. The van der Waals surface area contributed by atoms with E-state index in [-0.39, 0.29) is 0 Å². The Morgan fingerprint density at radius 2 is 1.90 bits per heavy atom. The lowest BCUT2D eigenvalue weighted by Gasteiger charge is -2.13. The van der Waals surface area contributed by atoms with Gasteiger partial charge in [0.25, 0.3) is 0 Å². The van der Waals surface area contributed by atoms with Gasteiger partial charge in [0, 0.05) is 17.9 Å². The molecule has 0 aliphatic heterocycles. The van der Waals surface area contributed by atoms with Crippen LogP contribution in [0.2, 0.25) is 0 Å². The Labute approximate surface area is 119 Å². The minimum absolute atomic E-state index is 0.566. The third-order valence-corrected chi connectivity index (χ3v) is 3.75. The summed E-state index contributed by atoms with van der Waals surface area (Å²) >= 11 is 0. The SMILES string of the molecule is Cc1ccccc1Nc1nccc(NC2CCCC2)n1. The molecular weight excluding hydrogens is 248 g/mol. The van der Waals surface area contributed by atoms with Crippen molar-refractivity contribution in [2.45, 2.75) is 38.6 Å². The van der Waals surface area contributed by atoms with Gasteiger partial charge in [-0.25, -0.2) is 4.98 Å². The zero-order valence-corrected chi connectivity index (χ0v) is 11.8. The van der Waals surface area contributed by atoms with Crippen LogP contribution in [0.4, 0.5) is 17.5 Å². The number of anilines is 3. The summed E-state index contributed by atoms with van der Waals surface area (Å²) in [4.78, 5) is 8.83. The van der Waals surface area contributed by atoms with Crippen LogP contribution in [0.25, 0.3) is 0 Å². The number of nitrogens with one attached hydrogen (secondary N) is 2. The number of nitrogens with zero attached hydrogens (tertiary/aromatic N) is 2. The molecule has 1 saturated carbocycles. The van der Waals surface area contributed by atoms with Crippen molar-refractivity contribution in [1.29, 1.82) is 0 Å². The number of rotatable bonds is 4. The molecule has 0 bridgehead atoms. The Bertz CT molecular complexity index is 576. The van der Waals surface area contributed by atoms with Crippen LogP contribution < -0.4 is 10.6 Å². The molecule has 0 spiro atoms. The molecule has 20 heavy (non-hydrogen) atoms. The van der Waals surface area contributed by atoms with Crippen molar-refractivity contribution in [1.82, 2.24) is 9.97 Å². The summed E-state index contributed by atoms with van der Waals surface area (Å²) in [5.41, 5.74) is 2.23. The second kappa shape index (κ2) is 5.90. The van der Waals surface area contributed by atoms with Crippen LogP contribution in [0.3, 0.4) is 0 Å². The van der Waals surface area contributed by atoms with E-state index in [4.69, 9.17) is 0 Å².